The van der Waals surface area contributed by atoms with Gasteiger partial charge in [-0.2, -0.15) is 0 Å². The van der Waals surface area contributed by atoms with Gasteiger partial charge in [-0.15, -0.1) is 24.0 Å². The number of benzene rings is 1. The van der Waals surface area contributed by atoms with Gasteiger partial charge in [-0.05, 0) is 49.1 Å². The Morgan fingerprint density at radius 1 is 1.16 bits per heavy atom. The van der Waals surface area contributed by atoms with Gasteiger partial charge < -0.3 is 10.6 Å². The van der Waals surface area contributed by atoms with E-state index in [1.807, 2.05) is 19.1 Å². The molecule has 4 nitrogen and oxygen atoms in total. The number of aromatic nitrogens is 1. The molecule has 0 saturated carbocycles. The summed E-state index contributed by atoms with van der Waals surface area (Å²) in [5, 5.41) is 6.99. The molecule has 0 fully saturated rings. The van der Waals surface area contributed by atoms with E-state index in [1.54, 1.807) is 24.4 Å². The Labute approximate surface area is 170 Å². The number of hydrogen-bond acceptors (Lipinski definition) is 2. The first-order valence-corrected chi connectivity index (χ1v) is 8.42. The number of hydrogen-bond donors (Lipinski definition) is 2. The average Bonchev–Trinajstić information content (AvgIpc) is 2.57. The standard InChI is InChI=1S/C18H22ClFN4.HI/c1-2-21-18(22-10-8-14-4-3-5-16(20)12-14)23-11-9-15-6-7-17(19)24-13-15;/h3-7,12-13H,2,8-11H2,1H3,(H2,21,22,23);1H. The lowest BCUT2D eigenvalue weighted by atomic mass is 10.1. The largest absolute Gasteiger partial charge is 0.357 e. The molecule has 0 spiro atoms. The second-order valence-electron chi connectivity index (χ2n) is 5.31. The zero-order chi connectivity index (χ0) is 17.2. The Kier molecular flexibility index (Phi) is 10.4. The summed E-state index contributed by atoms with van der Waals surface area (Å²) in [4.78, 5) is 8.58. The van der Waals surface area contributed by atoms with E-state index >= 15 is 0 Å². The van der Waals surface area contributed by atoms with Crippen molar-refractivity contribution in [2.75, 3.05) is 19.6 Å². The molecule has 1 heterocycles. The number of nitrogens with one attached hydrogen (secondary N) is 2. The van der Waals surface area contributed by atoms with E-state index in [-0.39, 0.29) is 29.8 Å². The molecule has 0 atom stereocenters. The van der Waals surface area contributed by atoms with Gasteiger partial charge in [0.15, 0.2) is 5.96 Å². The van der Waals surface area contributed by atoms with E-state index in [0.29, 0.717) is 18.1 Å². The second kappa shape index (κ2) is 12.0. The van der Waals surface area contributed by atoms with Crippen LogP contribution < -0.4 is 10.6 Å². The van der Waals surface area contributed by atoms with E-state index < -0.39 is 0 Å². The fraction of sp³-hybridized carbons (Fsp3) is 0.333. The van der Waals surface area contributed by atoms with Gasteiger partial charge in [-0.3, -0.25) is 4.99 Å². The summed E-state index contributed by atoms with van der Waals surface area (Å²) >= 11 is 5.78. The Hall–Kier alpha value is -1.41. The molecule has 1 aromatic heterocycles. The SMILES string of the molecule is CCNC(=NCCc1cccc(F)c1)NCCc1ccc(Cl)nc1.I. The molecule has 0 aliphatic heterocycles. The molecule has 0 saturated heterocycles. The summed E-state index contributed by atoms with van der Waals surface area (Å²) in [7, 11) is 0. The molecule has 0 radical (unpaired) electrons. The van der Waals surface area contributed by atoms with Gasteiger partial charge in [0.05, 0.1) is 0 Å². The predicted octanol–water partition coefficient (Wildman–Crippen LogP) is 3.83. The van der Waals surface area contributed by atoms with E-state index in [1.165, 1.54) is 6.07 Å². The molecule has 0 aliphatic carbocycles. The van der Waals surface area contributed by atoms with Crippen LogP contribution in [0, 0.1) is 5.82 Å². The highest BCUT2D eigenvalue weighted by Crippen LogP contribution is 2.05. The zero-order valence-electron chi connectivity index (χ0n) is 14.1. The smallest absolute Gasteiger partial charge is 0.191 e. The molecule has 7 heteroatoms. The lowest BCUT2D eigenvalue weighted by Crippen LogP contribution is -2.38. The molecule has 136 valence electrons. The van der Waals surface area contributed by atoms with Crippen molar-refractivity contribution >= 4 is 41.5 Å². The van der Waals surface area contributed by atoms with E-state index in [2.05, 4.69) is 20.6 Å². The average molecular weight is 477 g/mol. The first-order valence-electron chi connectivity index (χ1n) is 8.04. The van der Waals surface area contributed by atoms with Crippen molar-refractivity contribution in [2.45, 2.75) is 19.8 Å². The minimum Gasteiger partial charge on any atom is -0.357 e. The molecule has 1 aromatic carbocycles. The van der Waals surface area contributed by atoms with Crippen molar-refractivity contribution in [3.63, 3.8) is 0 Å². The number of pyridine rings is 1. The maximum absolute atomic E-state index is 13.2. The van der Waals surface area contributed by atoms with Gasteiger partial charge in [0.2, 0.25) is 0 Å². The molecular weight excluding hydrogens is 454 g/mol. The van der Waals surface area contributed by atoms with Crippen LogP contribution in [0.25, 0.3) is 0 Å². The van der Waals surface area contributed by atoms with Crippen LogP contribution in [-0.4, -0.2) is 30.6 Å². The summed E-state index contributed by atoms with van der Waals surface area (Å²) in [6.07, 6.45) is 3.31. The van der Waals surface area contributed by atoms with Crippen LogP contribution >= 0.6 is 35.6 Å². The highest BCUT2D eigenvalue weighted by atomic mass is 127. The van der Waals surface area contributed by atoms with Gasteiger partial charge in [0.25, 0.3) is 0 Å². The van der Waals surface area contributed by atoms with Crippen LogP contribution in [0.4, 0.5) is 4.39 Å². The van der Waals surface area contributed by atoms with Gasteiger partial charge in [-0.1, -0.05) is 29.8 Å². The Morgan fingerprint density at radius 2 is 2.00 bits per heavy atom. The van der Waals surface area contributed by atoms with Crippen molar-refractivity contribution in [2.24, 2.45) is 4.99 Å². The third-order valence-corrected chi connectivity index (χ3v) is 3.62. The Morgan fingerprint density at radius 3 is 2.68 bits per heavy atom. The molecule has 0 amide bonds. The fourth-order valence-corrected chi connectivity index (χ4v) is 2.32. The number of halogens is 3. The monoisotopic (exact) mass is 476 g/mol. The molecule has 0 bridgehead atoms. The van der Waals surface area contributed by atoms with Crippen molar-refractivity contribution in [1.29, 1.82) is 0 Å². The first-order chi connectivity index (χ1) is 11.7. The maximum Gasteiger partial charge on any atom is 0.191 e. The number of guanidine groups is 1. The minimum atomic E-state index is -0.210. The summed E-state index contributed by atoms with van der Waals surface area (Å²) < 4.78 is 13.2. The van der Waals surface area contributed by atoms with Gasteiger partial charge >= 0.3 is 0 Å². The Balaban J connectivity index is 0.00000312. The normalized spacial score (nSPS) is 10.9. The minimum absolute atomic E-state index is 0. The highest BCUT2D eigenvalue weighted by Gasteiger charge is 2.00. The molecule has 0 aliphatic rings. The Bertz CT molecular complexity index is 664. The lowest BCUT2D eigenvalue weighted by molar-refractivity contribution is 0.625. The van der Waals surface area contributed by atoms with Crippen LogP contribution in [0.1, 0.15) is 18.1 Å². The topological polar surface area (TPSA) is 49.3 Å². The summed E-state index contributed by atoms with van der Waals surface area (Å²) in [6, 6.07) is 10.4. The van der Waals surface area contributed by atoms with Crippen molar-refractivity contribution in [3.05, 3.63) is 64.7 Å². The summed E-state index contributed by atoms with van der Waals surface area (Å²) in [5.74, 6) is 0.550. The highest BCUT2D eigenvalue weighted by molar-refractivity contribution is 14.0. The van der Waals surface area contributed by atoms with Crippen LogP contribution in [0.5, 0.6) is 0 Å². The van der Waals surface area contributed by atoms with E-state index in [4.69, 9.17) is 11.6 Å². The molecule has 2 N–H and O–H groups in total. The van der Waals surface area contributed by atoms with Crippen molar-refractivity contribution < 1.29 is 4.39 Å². The summed E-state index contributed by atoms with van der Waals surface area (Å²) in [6.45, 7) is 4.15. The van der Waals surface area contributed by atoms with Crippen molar-refractivity contribution in [1.82, 2.24) is 15.6 Å². The molecule has 2 rings (SSSR count). The predicted molar refractivity (Wildman–Crippen MR) is 112 cm³/mol. The number of nitrogens with zero attached hydrogens (tertiary/aromatic N) is 2. The van der Waals surface area contributed by atoms with Crippen LogP contribution in [-0.2, 0) is 12.8 Å². The lowest BCUT2D eigenvalue weighted by Gasteiger charge is -2.11. The van der Waals surface area contributed by atoms with Crippen LogP contribution in [0.3, 0.4) is 0 Å². The molecular formula is C18H23ClFIN4. The number of aliphatic imine (C=N–C) groups is 1. The van der Waals surface area contributed by atoms with Crippen LogP contribution in [0.15, 0.2) is 47.6 Å². The molecule has 2 aromatic rings. The van der Waals surface area contributed by atoms with Crippen molar-refractivity contribution in [3.8, 4) is 0 Å². The van der Waals surface area contributed by atoms with Crippen LogP contribution in [0.2, 0.25) is 5.15 Å². The quantitative estimate of drug-likeness (QED) is 0.276. The second-order valence-corrected chi connectivity index (χ2v) is 5.69. The third kappa shape index (κ3) is 8.49. The third-order valence-electron chi connectivity index (χ3n) is 3.40. The molecule has 25 heavy (non-hydrogen) atoms. The maximum atomic E-state index is 13.2. The zero-order valence-corrected chi connectivity index (χ0v) is 17.2. The number of rotatable bonds is 7. The first kappa shape index (κ1) is 21.6. The summed E-state index contributed by atoms with van der Waals surface area (Å²) in [5.41, 5.74) is 2.06. The van der Waals surface area contributed by atoms with Gasteiger partial charge in [0, 0.05) is 25.8 Å². The van der Waals surface area contributed by atoms with Gasteiger partial charge in [0.1, 0.15) is 11.0 Å². The van der Waals surface area contributed by atoms with E-state index in [0.717, 1.165) is 36.6 Å². The van der Waals surface area contributed by atoms with E-state index in [9.17, 15) is 4.39 Å². The van der Waals surface area contributed by atoms with Gasteiger partial charge in [-0.25, -0.2) is 9.37 Å². The molecule has 0 unspecified atom stereocenters. The fourth-order valence-electron chi connectivity index (χ4n) is 2.21.